The quantitative estimate of drug-likeness (QED) is 0.0175. The Kier molecular flexibility index (Phi) is 22.5. The fourth-order valence-electron chi connectivity index (χ4n) is 14.2. The van der Waals surface area contributed by atoms with Crippen molar-refractivity contribution < 1.29 is 13.6 Å². The van der Waals surface area contributed by atoms with E-state index in [1.165, 1.54) is 47.2 Å². The summed E-state index contributed by atoms with van der Waals surface area (Å²) in [4.78, 5) is 12.1. The van der Waals surface area contributed by atoms with Gasteiger partial charge in [0.25, 0.3) is 16.6 Å². The molecule has 1 aliphatic carbocycles. The molecule has 1 aliphatic heterocycles. The summed E-state index contributed by atoms with van der Waals surface area (Å²) in [5.41, 5.74) is 10.2. The normalized spacial score (nSPS) is 16.3. The van der Waals surface area contributed by atoms with E-state index < -0.39 is 22.2 Å². The Morgan fingerprint density at radius 3 is 1.39 bits per heavy atom. The molecule has 0 bridgehead atoms. The molecule has 11 heteroatoms. The summed E-state index contributed by atoms with van der Waals surface area (Å²) in [6.07, 6.45) is 12.6. The maximum Gasteiger partial charge on any atom is 0.288 e. The molecule has 0 saturated carbocycles. The van der Waals surface area contributed by atoms with Gasteiger partial charge in [-0.1, -0.05) is 269 Å². The number of ether oxygens (including phenoxy) is 1. The van der Waals surface area contributed by atoms with Gasteiger partial charge in [0.15, 0.2) is 0 Å². The summed E-state index contributed by atoms with van der Waals surface area (Å²) in [6, 6.07) is 104. The van der Waals surface area contributed by atoms with Crippen molar-refractivity contribution in [1.82, 2.24) is 0 Å². The third-order valence-electron chi connectivity index (χ3n) is 19.2. The first kappa shape index (κ1) is 70.4. The lowest BCUT2D eigenvalue weighted by atomic mass is 9.74. The lowest BCUT2D eigenvalue weighted by molar-refractivity contribution is 0.0749. The Bertz CT molecular complexity index is 4510. The highest BCUT2D eigenvalue weighted by atomic mass is 32.2. The van der Waals surface area contributed by atoms with Crippen LogP contribution in [-0.4, -0.2) is 62.8 Å². The average molecular weight is 1370 g/mol. The molecule has 0 saturated heterocycles. The fourth-order valence-corrected chi connectivity index (χ4v) is 23.1. The van der Waals surface area contributed by atoms with Crippen LogP contribution in [0.15, 0.2) is 348 Å². The molecule has 8 nitrogen and oxygen atoms in total. The van der Waals surface area contributed by atoms with E-state index in [4.69, 9.17) is 20.2 Å². The first-order valence-electron chi connectivity index (χ1n) is 34.8. The Morgan fingerprint density at radius 1 is 0.545 bits per heavy atom. The van der Waals surface area contributed by atoms with Crippen molar-refractivity contribution in [3.63, 3.8) is 0 Å². The van der Waals surface area contributed by atoms with Crippen molar-refractivity contribution in [3.8, 4) is 6.07 Å². The number of nitrogens with zero attached hydrogens (tertiary/aromatic N) is 5. The van der Waals surface area contributed by atoms with Gasteiger partial charge in [0.2, 0.25) is 5.70 Å². The van der Waals surface area contributed by atoms with Crippen LogP contribution in [0, 0.1) is 23.3 Å². The molecule has 1 atom stereocenters. The predicted molar refractivity (Wildman–Crippen MR) is 429 cm³/mol. The smallest absolute Gasteiger partial charge is 0.288 e. The van der Waals surface area contributed by atoms with Crippen LogP contribution >= 0.6 is 11.8 Å². The molecule has 0 radical (unpaired) electrons. The van der Waals surface area contributed by atoms with Gasteiger partial charge in [0.05, 0.1) is 24.8 Å². The maximum absolute atomic E-state index is 10.1. The standard InChI is InChI=1S/C90H87N5O3SSi2/c1-9-94(62-63-96-100(79-35-19-11-20-36-79,80-37-21-12-22-38-80)81-39-23-13-24-40-81)75-56-60-78(61-57-75)95(77-58-54-74(55-59-77)93(7)8)76-52-49-70(50-53-76)48-51-72-67-89(3,4)66-71(32-31-47-85-86(92-6)87(69(2)68-91)98-90(85,5)73-33-17-10-18-34-73)88(72)99-65-64-97-101(82-41-25-14-26-42-82,83-43-27-15-28-44-83)84-45-29-16-30-46-84/h10-61H,9,62-67H2,1-5,7-8H3/b47-31+,51-48+,71-32+,87-69+. The molecule has 101 heavy (non-hydrogen) atoms. The van der Waals surface area contributed by atoms with Crippen LogP contribution in [-0.2, 0) is 19.2 Å². The van der Waals surface area contributed by atoms with Gasteiger partial charge < -0.3 is 28.3 Å². The third-order valence-corrected chi connectivity index (χ3v) is 28.6. The number of anilines is 5. The van der Waals surface area contributed by atoms with Crippen molar-refractivity contribution >= 4 is 94.0 Å². The number of hydrogen-bond acceptors (Lipinski definition) is 8. The summed E-state index contributed by atoms with van der Waals surface area (Å²) in [5, 5.41) is 17.4. The number of nitriles is 1. The Morgan fingerprint density at radius 2 is 0.960 bits per heavy atom. The number of benzene rings is 10. The number of hydrogen-bond donors (Lipinski definition) is 0. The molecule has 10 aromatic carbocycles. The largest absolute Gasteiger partial charge is 0.489 e. The SMILES string of the molecule is [C-]#[N+]C1=C(/C=C/C=C2\CC(C)(C)CC(/C=C/c3ccc(N(c4ccc(N(C)C)cc4)c4ccc(N(CC)CCO[Si](c5ccccc5)(c5ccccc5)c5ccccc5)cc4)cc3)=C2SCCO[Si](c2ccccc2)(c2ccccc2)c2ccccc2)C(C)(c2ccccc2)O/C1=C(\C)C#N. The molecular formula is C90H87N5O3SSi2. The van der Waals surface area contributed by atoms with Crippen LogP contribution in [0.4, 0.5) is 28.4 Å². The molecule has 2 aliphatic rings. The number of likely N-dealkylation sites (N-methyl/N-ethyl adjacent to an activating group) is 1. The van der Waals surface area contributed by atoms with Crippen molar-refractivity contribution in [2.24, 2.45) is 5.41 Å². The Balaban J connectivity index is 0.866. The van der Waals surface area contributed by atoms with E-state index in [-0.39, 0.29) is 5.41 Å². The number of rotatable bonds is 26. The summed E-state index contributed by atoms with van der Waals surface area (Å²) >= 11 is 1.85. The van der Waals surface area contributed by atoms with E-state index in [0.29, 0.717) is 41.6 Å². The van der Waals surface area contributed by atoms with E-state index >= 15 is 0 Å². The number of thioether (sulfide) groups is 1. The molecule has 10 aromatic rings. The lowest BCUT2D eigenvalue weighted by Crippen LogP contribution is -2.69. The summed E-state index contributed by atoms with van der Waals surface area (Å²) < 4.78 is 21.6. The van der Waals surface area contributed by atoms with Gasteiger partial charge in [0, 0.05) is 78.5 Å². The molecule has 0 aromatic heterocycles. The second kappa shape index (κ2) is 32.2. The van der Waals surface area contributed by atoms with Crippen LogP contribution in [0.1, 0.15) is 58.6 Å². The van der Waals surface area contributed by atoms with Crippen LogP contribution in [0.2, 0.25) is 0 Å². The van der Waals surface area contributed by atoms with Gasteiger partial charge >= 0.3 is 0 Å². The van der Waals surface area contributed by atoms with Gasteiger partial charge in [0.1, 0.15) is 11.4 Å². The molecule has 1 heterocycles. The van der Waals surface area contributed by atoms with E-state index in [1.807, 2.05) is 55.1 Å². The molecular weight excluding hydrogens is 1290 g/mol. The zero-order valence-electron chi connectivity index (χ0n) is 58.8. The van der Waals surface area contributed by atoms with Crippen LogP contribution < -0.4 is 45.8 Å². The van der Waals surface area contributed by atoms with Gasteiger partial charge in [-0.2, -0.15) is 5.26 Å². The summed E-state index contributed by atoms with van der Waals surface area (Å²) in [7, 11) is -1.72. The van der Waals surface area contributed by atoms with Gasteiger partial charge in [-0.15, -0.1) is 11.8 Å². The molecule has 0 spiro atoms. The fraction of sp³-hybridized carbons (Fsp3) is 0.178. The van der Waals surface area contributed by atoms with Crippen LogP contribution in [0.5, 0.6) is 0 Å². The number of allylic oxidation sites excluding steroid dienone is 6. The zero-order valence-corrected chi connectivity index (χ0v) is 61.7. The summed E-state index contributed by atoms with van der Waals surface area (Å²) in [6.45, 7) is 21.7. The third kappa shape index (κ3) is 15.5. The minimum atomic E-state index is -2.99. The molecule has 1 unspecified atom stereocenters. The van der Waals surface area contributed by atoms with E-state index in [1.54, 1.807) is 6.92 Å². The molecule has 0 amide bonds. The van der Waals surface area contributed by atoms with Crippen molar-refractivity contribution in [3.05, 3.63) is 371 Å². The first-order chi connectivity index (χ1) is 49.3. The first-order valence-corrected chi connectivity index (χ1v) is 39.6. The second-order valence-corrected chi connectivity index (χ2v) is 34.6. The topological polar surface area (TPSA) is 65.6 Å². The van der Waals surface area contributed by atoms with Gasteiger partial charge in [-0.3, -0.25) is 0 Å². The molecule has 12 rings (SSSR count). The van der Waals surface area contributed by atoms with E-state index in [0.717, 1.165) is 65.5 Å². The van der Waals surface area contributed by atoms with Crippen LogP contribution in [0.3, 0.4) is 0 Å². The monoisotopic (exact) mass is 1370 g/mol. The zero-order chi connectivity index (χ0) is 70.2. The Hall–Kier alpha value is -10.5. The molecule has 0 N–H and O–H groups in total. The average Bonchev–Trinajstić information content (AvgIpc) is 1.64. The highest BCUT2D eigenvalue weighted by Crippen LogP contribution is 2.49. The van der Waals surface area contributed by atoms with Crippen molar-refractivity contribution in [2.75, 3.05) is 60.9 Å². The highest BCUT2D eigenvalue weighted by molar-refractivity contribution is 8.03. The van der Waals surface area contributed by atoms with Crippen molar-refractivity contribution in [1.29, 1.82) is 5.26 Å². The van der Waals surface area contributed by atoms with E-state index in [2.05, 4.69) is 340 Å². The molecule has 0 fully saturated rings. The highest BCUT2D eigenvalue weighted by Gasteiger charge is 2.45. The molecule has 504 valence electrons. The Labute approximate surface area is 604 Å². The lowest BCUT2D eigenvalue weighted by Gasteiger charge is -2.35. The summed E-state index contributed by atoms with van der Waals surface area (Å²) in [5.74, 6) is 1.03. The van der Waals surface area contributed by atoms with Crippen molar-refractivity contribution in [2.45, 2.75) is 53.1 Å². The maximum atomic E-state index is 10.1. The van der Waals surface area contributed by atoms with Gasteiger partial charge in [-0.05, 0) is 153 Å². The second-order valence-electron chi connectivity index (χ2n) is 26.7. The van der Waals surface area contributed by atoms with E-state index in [9.17, 15) is 5.26 Å². The van der Waals surface area contributed by atoms with Crippen LogP contribution in [0.25, 0.3) is 10.9 Å². The van der Waals surface area contributed by atoms with Gasteiger partial charge in [-0.25, -0.2) is 4.85 Å². The minimum Gasteiger partial charge on any atom is -0.489 e. The predicted octanol–water partition coefficient (Wildman–Crippen LogP) is 17.6. The minimum absolute atomic E-state index is 0.0871.